The van der Waals surface area contributed by atoms with Gasteiger partial charge in [0.15, 0.2) is 5.69 Å². The van der Waals surface area contributed by atoms with Gasteiger partial charge in [0.2, 0.25) is 11.0 Å². The number of hydrogen-bond acceptors (Lipinski definition) is 6. The predicted molar refractivity (Wildman–Crippen MR) is 129 cm³/mol. The number of halogens is 1. The van der Waals surface area contributed by atoms with Crippen molar-refractivity contribution in [1.82, 2.24) is 9.55 Å². The van der Waals surface area contributed by atoms with Crippen molar-refractivity contribution in [2.75, 3.05) is 7.11 Å². The first kappa shape index (κ1) is 21.0. The van der Waals surface area contributed by atoms with Crippen LogP contribution in [0, 0.1) is 0 Å². The third-order valence-electron chi connectivity index (χ3n) is 6.06. The smallest absolute Gasteiger partial charge is 0.230 e. The lowest BCUT2D eigenvalue weighted by Crippen LogP contribution is -2.31. The van der Waals surface area contributed by atoms with E-state index in [4.69, 9.17) is 16.3 Å². The lowest BCUT2D eigenvalue weighted by atomic mass is 9.82. The molecule has 1 unspecified atom stereocenters. The molecule has 32 heavy (non-hydrogen) atoms. The van der Waals surface area contributed by atoms with Crippen molar-refractivity contribution < 1.29 is 9.84 Å². The average molecular weight is 467 g/mol. The Bertz CT molecular complexity index is 1350. The van der Waals surface area contributed by atoms with Gasteiger partial charge in [0.05, 0.1) is 18.3 Å². The normalized spacial score (nSPS) is 17.3. The fourth-order valence-corrected chi connectivity index (χ4v) is 5.45. The third kappa shape index (κ3) is 3.36. The largest absolute Gasteiger partial charge is 0.497 e. The highest BCUT2D eigenvalue weighted by Gasteiger charge is 2.37. The topological polar surface area (TPSA) is 72.0 Å². The molecule has 8 heteroatoms. The van der Waals surface area contributed by atoms with Crippen LogP contribution in [0.4, 0.5) is 10.8 Å². The van der Waals surface area contributed by atoms with Crippen LogP contribution in [0.5, 0.6) is 11.6 Å². The molecule has 164 valence electrons. The summed E-state index contributed by atoms with van der Waals surface area (Å²) >= 11 is 7.38. The summed E-state index contributed by atoms with van der Waals surface area (Å²) in [6.45, 7) is 6.48. The van der Waals surface area contributed by atoms with Crippen molar-refractivity contribution in [2.24, 2.45) is 10.2 Å². The molecule has 0 aliphatic carbocycles. The molecule has 0 bridgehead atoms. The second-order valence-electron chi connectivity index (χ2n) is 8.76. The first-order valence-corrected chi connectivity index (χ1v) is 11.6. The molecule has 6 nitrogen and oxygen atoms in total. The summed E-state index contributed by atoms with van der Waals surface area (Å²) in [6, 6.07) is 11.5. The van der Waals surface area contributed by atoms with Crippen LogP contribution in [0.3, 0.4) is 0 Å². The highest BCUT2D eigenvalue weighted by Crippen LogP contribution is 2.52. The monoisotopic (exact) mass is 466 g/mol. The molecule has 1 N–H and O–H groups in total. The van der Waals surface area contributed by atoms with Gasteiger partial charge in [0.25, 0.3) is 0 Å². The minimum absolute atomic E-state index is 0.115. The molecule has 1 aliphatic rings. The average Bonchev–Trinajstić information content (AvgIpc) is 3.33. The van der Waals surface area contributed by atoms with Gasteiger partial charge in [-0.15, -0.1) is 21.6 Å². The van der Waals surface area contributed by atoms with E-state index in [1.54, 1.807) is 7.11 Å². The van der Waals surface area contributed by atoms with Crippen molar-refractivity contribution in [3.05, 3.63) is 52.4 Å². The first-order chi connectivity index (χ1) is 15.3. The standard InChI is InChI=1S/C24H23ClN4O2S/c1-13-11-24(2,3)29-21-17(13)9-16(31-4)10-18(21)20(22(29)30)27-28-23-26-19(12-32-23)14-5-7-15(25)8-6-14/h5-10,12-13,30H,11H2,1-4H3. The Kier molecular flexibility index (Phi) is 4.98. The second kappa shape index (κ2) is 7.60. The van der Waals surface area contributed by atoms with Crippen molar-refractivity contribution in [3.63, 3.8) is 0 Å². The lowest BCUT2D eigenvalue weighted by molar-refractivity contribution is 0.267. The zero-order valence-corrected chi connectivity index (χ0v) is 19.8. The van der Waals surface area contributed by atoms with Gasteiger partial charge in [-0.2, -0.15) is 0 Å². The Balaban J connectivity index is 1.61. The third-order valence-corrected chi connectivity index (χ3v) is 7.04. The van der Waals surface area contributed by atoms with Gasteiger partial charge in [0.1, 0.15) is 5.75 Å². The van der Waals surface area contributed by atoms with E-state index in [9.17, 15) is 5.11 Å². The molecule has 0 fully saturated rings. The first-order valence-electron chi connectivity index (χ1n) is 10.4. The van der Waals surface area contributed by atoms with Crippen molar-refractivity contribution >= 4 is 44.7 Å². The molecule has 1 aliphatic heterocycles. The summed E-state index contributed by atoms with van der Waals surface area (Å²) in [4.78, 5) is 4.57. The van der Waals surface area contributed by atoms with Crippen LogP contribution in [-0.4, -0.2) is 21.8 Å². The van der Waals surface area contributed by atoms with Gasteiger partial charge in [0, 0.05) is 26.9 Å². The summed E-state index contributed by atoms with van der Waals surface area (Å²) in [5.41, 5.74) is 4.09. The quantitative estimate of drug-likeness (QED) is 0.312. The molecular formula is C24H23ClN4O2S. The van der Waals surface area contributed by atoms with Gasteiger partial charge < -0.3 is 14.4 Å². The van der Waals surface area contributed by atoms with Crippen LogP contribution in [0.25, 0.3) is 22.2 Å². The fraction of sp³-hybridized carbons (Fsp3) is 0.292. The number of aromatic nitrogens is 2. The molecule has 3 heterocycles. The minimum atomic E-state index is -0.250. The highest BCUT2D eigenvalue weighted by atomic mass is 35.5. The number of benzene rings is 2. The Morgan fingerprint density at radius 3 is 2.69 bits per heavy atom. The molecule has 0 radical (unpaired) electrons. The van der Waals surface area contributed by atoms with E-state index in [2.05, 4.69) is 42.1 Å². The molecule has 0 saturated heterocycles. The van der Waals surface area contributed by atoms with E-state index in [1.165, 1.54) is 11.3 Å². The van der Waals surface area contributed by atoms with Crippen LogP contribution < -0.4 is 4.74 Å². The minimum Gasteiger partial charge on any atom is -0.497 e. The van der Waals surface area contributed by atoms with Crippen LogP contribution in [0.1, 0.15) is 38.7 Å². The Hall–Kier alpha value is -2.90. The summed E-state index contributed by atoms with van der Waals surface area (Å²) in [7, 11) is 1.65. The van der Waals surface area contributed by atoms with E-state index in [1.807, 2.05) is 40.3 Å². The molecule has 5 rings (SSSR count). The van der Waals surface area contributed by atoms with E-state index in [0.29, 0.717) is 21.8 Å². The number of methoxy groups -OCH3 is 1. The number of aromatic hydroxyl groups is 1. The molecule has 4 aromatic rings. The Morgan fingerprint density at radius 1 is 1.22 bits per heavy atom. The number of thiazole rings is 1. The van der Waals surface area contributed by atoms with Crippen molar-refractivity contribution in [3.8, 4) is 22.9 Å². The van der Waals surface area contributed by atoms with Gasteiger partial charge in [-0.05, 0) is 56.0 Å². The number of hydrogen-bond donors (Lipinski definition) is 1. The summed E-state index contributed by atoms with van der Waals surface area (Å²) < 4.78 is 7.51. The van der Waals surface area contributed by atoms with E-state index in [-0.39, 0.29) is 11.4 Å². The maximum atomic E-state index is 11.2. The molecule has 1 atom stereocenters. The Morgan fingerprint density at radius 2 is 1.97 bits per heavy atom. The van der Waals surface area contributed by atoms with Gasteiger partial charge in [-0.3, -0.25) is 0 Å². The Labute approximate surface area is 195 Å². The summed E-state index contributed by atoms with van der Waals surface area (Å²) in [5, 5.41) is 24.0. The zero-order valence-electron chi connectivity index (χ0n) is 18.3. The predicted octanol–water partition coefficient (Wildman–Crippen LogP) is 7.79. The molecule has 2 aromatic heterocycles. The molecule has 0 saturated carbocycles. The van der Waals surface area contributed by atoms with E-state index < -0.39 is 0 Å². The number of nitrogens with zero attached hydrogens (tertiary/aromatic N) is 4. The van der Waals surface area contributed by atoms with Gasteiger partial charge >= 0.3 is 0 Å². The maximum absolute atomic E-state index is 11.2. The molecule has 0 spiro atoms. The van der Waals surface area contributed by atoms with E-state index in [0.717, 1.165) is 39.9 Å². The number of rotatable bonds is 4. The second-order valence-corrected chi connectivity index (χ2v) is 10.0. The fourth-order valence-electron chi connectivity index (χ4n) is 4.68. The molecule has 0 amide bonds. The molecule has 2 aromatic carbocycles. The van der Waals surface area contributed by atoms with Crippen molar-refractivity contribution in [2.45, 2.75) is 38.6 Å². The van der Waals surface area contributed by atoms with Crippen molar-refractivity contribution in [1.29, 1.82) is 0 Å². The zero-order chi connectivity index (χ0) is 22.6. The molecular weight excluding hydrogens is 444 g/mol. The van der Waals surface area contributed by atoms with Gasteiger partial charge in [-0.25, -0.2) is 4.98 Å². The highest BCUT2D eigenvalue weighted by molar-refractivity contribution is 7.13. The maximum Gasteiger partial charge on any atom is 0.230 e. The number of azo groups is 1. The number of ether oxygens (including phenoxy) is 1. The van der Waals surface area contributed by atoms with Crippen LogP contribution >= 0.6 is 22.9 Å². The summed E-state index contributed by atoms with van der Waals surface area (Å²) in [6.07, 6.45) is 0.901. The summed E-state index contributed by atoms with van der Waals surface area (Å²) in [5.74, 6) is 1.19. The lowest BCUT2D eigenvalue weighted by Gasteiger charge is -2.36. The van der Waals surface area contributed by atoms with E-state index >= 15 is 0 Å². The van der Waals surface area contributed by atoms with Gasteiger partial charge in [-0.1, -0.05) is 30.7 Å². The van der Waals surface area contributed by atoms with Crippen LogP contribution in [0.15, 0.2) is 52.0 Å². The SMILES string of the molecule is COc1cc2c3c(c1)c(N=Nc1nc(-c4ccc(Cl)cc4)cs1)c(O)n3C(C)(C)CC2C. The van der Waals surface area contributed by atoms with Crippen LogP contribution in [0.2, 0.25) is 5.02 Å². The van der Waals surface area contributed by atoms with Crippen LogP contribution in [-0.2, 0) is 5.54 Å².